The van der Waals surface area contributed by atoms with E-state index in [2.05, 4.69) is 221 Å². The molecule has 2 radical (unpaired) electrons. The third kappa shape index (κ3) is 14.3. The van der Waals surface area contributed by atoms with Gasteiger partial charge in [-0.15, -0.1) is 0 Å². The van der Waals surface area contributed by atoms with E-state index in [0.717, 1.165) is 115 Å². The zero-order valence-corrected chi connectivity index (χ0v) is 61.3. The van der Waals surface area contributed by atoms with Crippen LogP contribution < -0.4 is 5.46 Å². The summed E-state index contributed by atoms with van der Waals surface area (Å²) in [5.41, 5.74) is 18.3. The fraction of sp³-hybridized carbons (Fsp3) is 0.0722. The lowest BCUT2D eigenvalue weighted by atomic mass is 9.90. The molecule has 0 aliphatic rings. The van der Waals surface area contributed by atoms with Gasteiger partial charge in [0.25, 0.3) is 0 Å². The second-order valence-electron chi connectivity index (χ2n) is 28.0. The Kier molecular flexibility index (Phi) is 19.6. The van der Waals surface area contributed by atoms with Crippen molar-refractivity contribution in [3.8, 4) is 90.6 Å². The van der Waals surface area contributed by atoms with Gasteiger partial charge in [-0.05, 0) is 151 Å². The van der Waals surface area contributed by atoms with E-state index in [9.17, 15) is 0 Å². The summed E-state index contributed by atoms with van der Waals surface area (Å²) >= 11 is 6.24. The molecule has 0 unspecified atom stereocenters. The van der Waals surface area contributed by atoms with Crippen molar-refractivity contribution in [3.63, 3.8) is 0 Å². The van der Waals surface area contributed by atoms with Crippen molar-refractivity contribution in [1.82, 2.24) is 39.0 Å². The van der Waals surface area contributed by atoms with Crippen molar-refractivity contribution >= 4 is 112 Å². The van der Waals surface area contributed by atoms with Crippen molar-refractivity contribution in [2.24, 2.45) is 0 Å². The van der Waals surface area contributed by atoms with Gasteiger partial charge in [0, 0.05) is 59.8 Å². The van der Waals surface area contributed by atoms with Crippen LogP contribution in [0.25, 0.3) is 178 Å². The Balaban J connectivity index is 0.000000129. The molecule has 111 heavy (non-hydrogen) atoms. The number of hydrogen-bond acceptors (Lipinski definition) is 10. The lowest BCUT2D eigenvalue weighted by Crippen LogP contribution is -2.44. The highest BCUT2D eigenvalue weighted by Crippen LogP contribution is 2.42. The highest BCUT2D eigenvalue weighted by molar-refractivity contribution is 6.33. The second kappa shape index (κ2) is 30.3. The zero-order valence-electron chi connectivity index (χ0n) is 60.6. The summed E-state index contributed by atoms with van der Waals surface area (Å²) in [7, 11) is 5.92. The molecule has 6 heterocycles. The van der Waals surface area contributed by atoms with Gasteiger partial charge in [0.2, 0.25) is 17.2 Å². The van der Waals surface area contributed by atoms with Gasteiger partial charge in [0.1, 0.15) is 30.2 Å². The fourth-order valence-electron chi connectivity index (χ4n) is 14.0. The number of rotatable bonds is 10. The van der Waals surface area contributed by atoms with Gasteiger partial charge in [-0.1, -0.05) is 286 Å². The average molecular weight is 1460 g/mol. The number of benzene rings is 14. The molecule has 0 atom stereocenters. The minimum absolute atomic E-state index is 0. The van der Waals surface area contributed by atoms with E-state index in [-0.39, 0.29) is 12.7 Å². The molecule has 0 saturated carbocycles. The van der Waals surface area contributed by atoms with Gasteiger partial charge in [0.15, 0.2) is 17.5 Å². The van der Waals surface area contributed by atoms with E-state index in [1.54, 1.807) is 27.7 Å². The topological polar surface area (TPSA) is 154 Å². The summed E-state index contributed by atoms with van der Waals surface area (Å²) in [6.07, 6.45) is 0. The largest absolute Gasteiger partial charge is 0.456 e. The van der Waals surface area contributed by atoms with Crippen molar-refractivity contribution in [2.75, 3.05) is 0 Å². The molecule has 0 fully saturated rings. The van der Waals surface area contributed by atoms with Crippen LogP contribution in [0, 0.1) is 0 Å². The van der Waals surface area contributed by atoms with Crippen LogP contribution in [0.3, 0.4) is 0 Å². The first-order chi connectivity index (χ1) is 53.6. The van der Waals surface area contributed by atoms with Gasteiger partial charge in [-0.3, -0.25) is 9.13 Å². The van der Waals surface area contributed by atoms with Crippen molar-refractivity contribution in [2.45, 2.75) is 46.3 Å². The standard InChI is InChI=1S/C45H28N4O.C24H15BO.C21H13ClN4.C6H14O2.CH4/c1-3-13-29(14-4-1)31-17-11-18-32(27-31)34-21-12-24-40-42(34)37-26-25-33(28-41(37)50-40)44-46-43(30-15-5-2-6-16-30)47-45(48-44)49-38-22-9-7-19-35(38)36-20-8-10-23-39(36)49;25-19-12-13-21-23(15-19)26-22-11-5-10-20(24(21)22)18-9-4-8-17(14-18)16-6-2-1-3-7-16;22-20-23-19(14-8-2-1-3-9-14)24-21(25-20)26-17-12-6-4-10-15(17)16-11-5-7-13-18(16)26;1-5(2,7)6(3,4)8;/h1-28H;1-15H;1-13H;7-8H,1-4H3;1H4. The Hall–Kier alpha value is -13.4. The molecule has 6 aromatic heterocycles. The van der Waals surface area contributed by atoms with Crippen LogP contribution in [0.15, 0.2) is 349 Å². The van der Waals surface area contributed by atoms with Gasteiger partial charge >= 0.3 is 0 Å². The van der Waals surface area contributed by atoms with Crippen molar-refractivity contribution in [1.29, 1.82) is 0 Å². The predicted octanol–water partition coefficient (Wildman–Crippen LogP) is 23.7. The minimum atomic E-state index is -1.01. The molecular weight excluding hydrogens is 1390 g/mol. The van der Waals surface area contributed by atoms with Crippen LogP contribution in [0.4, 0.5) is 0 Å². The SMILES string of the molecule is C.CC(C)(O)C(C)(C)O.Clc1nc(-c2ccccc2)nc(-n2c3ccccc3c3ccccc32)n1.[B]c1ccc2c(c1)oc1cccc(-c3cccc(-c4ccccc4)c3)c12.c1ccc(-c2cccc(-c3cccc4oc5cc(-c6nc(-c7ccccc7)nc(-n7c8ccccc8c8ccccc87)n6)ccc5c34)c2)cc1. The maximum atomic E-state index is 9.10. The highest BCUT2D eigenvalue weighted by atomic mass is 35.5. The fourth-order valence-corrected chi connectivity index (χ4v) is 14.2. The van der Waals surface area contributed by atoms with E-state index in [1.807, 2.05) is 138 Å². The molecule has 20 aromatic rings. The Bertz CT molecular complexity index is 6670. The Morgan fingerprint density at radius 1 is 0.288 bits per heavy atom. The molecule has 0 aliphatic heterocycles. The molecule has 0 spiro atoms. The molecule has 14 heteroatoms. The summed E-state index contributed by atoms with van der Waals surface area (Å²) in [4.78, 5) is 28.6. The second-order valence-corrected chi connectivity index (χ2v) is 28.4. The van der Waals surface area contributed by atoms with Crippen LogP contribution in [-0.2, 0) is 0 Å². The predicted molar refractivity (Wildman–Crippen MR) is 457 cm³/mol. The number of halogens is 1. The van der Waals surface area contributed by atoms with E-state index in [1.165, 1.54) is 33.4 Å². The summed E-state index contributed by atoms with van der Waals surface area (Å²) in [6, 6.07) is 116. The number of fused-ring (bicyclic) bond motifs is 12. The molecule has 536 valence electrons. The van der Waals surface area contributed by atoms with Gasteiger partial charge in [-0.25, -0.2) is 4.98 Å². The van der Waals surface area contributed by atoms with Crippen LogP contribution in [-0.4, -0.2) is 68.3 Å². The minimum Gasteiger partial charge on any atom is -0.456 e. The summed E-state index contributed by atoms with van der Waals surface area (Å²) in [5.74, 6) is 2.83. The summed E-state index contributed by atoms with van der Waals surface area (Å²) < 4.78 is 16.7. The maximum absolute atomic E-state index is 9.10. The lowest BCUT2D eigenvalue weighted by molar-refractivity contribution is -0.107. The highest BCUT2D eigenvalue weighted by Gasteiger charge is 2.32. The first-order valence-electron chi connectivity index (χ1n) is 36.3. The van der Waals surface area contributed by atoms with E-state index in [4.69, 9.17) is 58.4 Å². The number of hydrogen-bond donors (Lipinski definition) is 2. The van der Waals surface area contributed by atoms with Crippen molar-refractivity contribution < 1.29 is 19.0 Å². The smallest absolute Gasteiger partial charge is 0.239 e. The zero-order chi connectivity index (χ0) is 75.0. The molecule has 0 amide bonds. The van der Waals surface area contributed by atoms with Gasteiger partial charge in [-0.2, -0.15) is 24.9 Å². The number of aliphatic hydroxyl groups is 2. The summed E-state index contributed by atoms with van der Waals surface area (Å²) in [5, 5.41) is 27.4. The van der Waals surface area contributed by atoms with E-state index < -0.39 is 11.2 Å². The van der Waals surface area contributed by atoms with Crippen LogP contribution >= 0.6 is 11.6 Å². The molecule has 12 nitrogen and oxygen atoms in total. The number of nitrogens with zero attached hydrogens (tertiary/aromatic N) is 8. The monoisotopic (exact) mass is 1460 g/mol. The molecule has 2 N–H and O–H groups in total. The number of aromatic nitrogens is 8. The third-order valence-corrected chi connectivity index (χ3v) is 20.3. The van der Waals surface area contributed by atoms with Crippen LogP contribution in [0.5, 0.6) is 0 Å². The van der Waals surface area contributed by atoms with E-state index in [0.29, 0.717) is 34.8 Å². The first kappa shape index (κ1) is 71.8. The number of para-hydroxylation sites is 4. The van der Waals surface area contributed by atoms with Crippen LogP contribution in [0.2, 0.25) is 5.28 Å². The summed E-state index contributed by atoms with van der Waals surface area (Å²) in [6.45, 7) is 6.31. The maximum Gasteiger partial charge on any atom is 0.239 e. The molecule has 14 aromatic carbocycles. The van der Waals surface area contributed by atoms with E-state index >= 15 is 0 Å². The Labute approximate surface area is 648 Å². The molecule has 0 bridgehead atoms. The Morgan fingerprint density at radius 2 is 0.622 bits per heavy atom. The Morgan fingerprint density at radius 3 is 1.05 bits per heavy atom. The lowest BCUT2D eigenvalue weighted by Gasteiger charge is -2.31. The average Bonchev–Trinajstić information content (AvgIpc) is 1.59. The normalized spacial score (nSPS) is 11.5. The first-order valence-corrected chi connectivity index (χ1v) is 36.7. The molecule has 0 saturated heterocycles. The molecule has 0 aliphatic carbocycles. The number of furan rings is 2. The van der Waals surface area contributed by atoms with Gasteiger partial charge in [0.05, 0.1) is 33.3 Å². The third-order valence-electron chi connectivity index (χ3n) is 20.2. The van der Waals surface area contributed by atoms with Crippen molar-refractivity contribution in [3.05, 3.63) is 345 Å². The van der Waals surface area contributed by atoms with Crippen LogP contribution in [0.1, 0.15) is 35.1 Å². The van der Waals surface area contributed by atoms with Gasteiger partial charge < -0.3 is 19.0 Å². The quantitative estimate of drug-likeness (QED) is 0.127. The molecule has 20 rings (SSSR count). The molecular formula is C97H74BClN8O4.